The Kier molecular flexibility index (Phi) is 3.97. The molecule has 0 radical (unpaired) electrons. The van der Waals surface area contributed by atoms with Crippen LogP contribution in [-0.4, -0.2) is 28.6 Å². The highest BCUT2D eigenvalue weighted by atomic mass is 32.2. The summed E-state index contributed by atoms with van der Waals surface area (Å²) in [4.78, 5) is -0.0483. The lowest BCUT2D eigenvalue weighted by Gasteiger charge is -2.22. The van der Waals surface area contributed by atoms with Crippen LogP contribution in [0.15, 0.2) is 23.1 Å². The van der Waals surface area contributed by atoms with Crippen LogP contribution in [-0.2, 0) is 26.5 Å². The van der Waals surface area contributed by atoms with E-state index in [1.165, 1.54) is 22.5 Å². The van der Waals surface area contributed by atoms with Crippen molar-refractivity contribution in [1.82, 2.24) is 0 Å². The molecule has 1 atom stereocenters. The molecule has 9 heteroatoms. The Bertz CT molecular complexity index is 809. The second-order valence-electron chi connectivity index (χ2n) is 4.73. The number of benzene rings is 1. The lowest BCUT2D eigenvalue weighted by molar-refractivity contribution is 0.583. The molecule has 0 fully saturated rings. The van der Waals surface area contributed by atoms with Crippen LogP contribution in [0.4, 0.5) is 5.69 Å². The van der Waals surface area contributed by atoms with E-state index in [0.717, 1.165) is 0 Å². The minimum Gasteiger partial charge on any atom is -0.269 e. The van der Waals surface area contributed by atoms with Crippen molar-refractivity contribution in [3.63, 3.8) is 0 Å². The van der Waals surface area contributed by atoms with E-state index < -0.39 is 25.3 Å². The van der Waals surface area contributed by atoms with Gasteiger partial charge in [-0.3, -0.25) is 4.31 Å². The number of primary sulfonamides is 1. The summed E-state index contributed by atoms with van der Waals surface area (Å²) in [5.74, 6) is 0. The molecule has 0 amide bonds. The predicted octanol–water partition coefficient (Wildman–Crippen LogP) is 0.328. The van der Waals surface area contributed by atoms with E-state index in [2.05, 4.69) is 0 Å². The standard InChI is InChI=1S/C12H15N3O4S2/c1-2-10(8-13)21(18,19)15-6-5-9-7-11(20(14,16)17)3-4-12(9)15/h3-4,7,10H,2,5-6H2,1H3,(H2,14,16,17). The molecule has 1 heterocycles. The van der Waals surface area contributed by atoms with Crippen LogP contribution in [0.3, 0.4) is 0 Å². The van der Waals surface area contributed by atoms with Gasteiger partial charge in [-0.05, 0) is 36.6 Å². The first-order chi connectivity index (χ1) is 9.71. The SMILES string of the molecule is CCC(C#N)S(=O)(=O)N1CCc2cc(S(N)(=O)=O)ccc21. The maximum Gasteiger partial charge on any atom is 0.251 e. The van der Waals surface area contributed by atoms with Crippen molar-refractivity contribution >= 4 is 25.7 Å². The molecule has 0 spiro atoms. The van der Waals surface area contributed by atoms with Gasteiger partial charge in [-0.1, -0.05) is 6.92 Å². The van der Waals surface area contributed by atoms with Crippen molar-refractivity contribution in [2.45, 2.75) is 29.9 Å². The van der Waals surface area contributed by atoms with Crippen LogP contribution in [0.25, 0.3) is 0 Å². The number of nitrogens with two attached hydrogens (primary N) is 1. The average Bonchev–Trinajstić information content (AvgIpc) is 2.82. The first kappa shape index (κ1) is 15.8. The quantitative estimate of drug-likeness (QED) is 0.853. The molecule has 1 aliphatic rings. The fraction of sp³-hybridized carbons (Fsp3) is 0.417. The maximum absolute atomic E-state index is 12.4. The zero-order valence-corrected chi connectivity index (χ0v) is 13.0. The van der Waals surface area contributed by atoms with Gasteiger partial charge in [0.1, 0.15) is 0 Å². The summed E-state index contributed by atoms with van der Waals surface area (Å²) >= 11 is 0. The topological polar surface area (TPSA) is 121 Å². The van der Waals surface area contributed by atoms with Crippen LogP contribution in [0, 0.1) is 11.3 Å². The zero-order valence-electron chi connectivity index (χ0n) is 11.4. The van der Waals surface area contributed by atoms with Gasteiger partial charge in [0, 0.05) is 6.54 Å². The second kappa shape index (κ2) is 5.29. The molecular formula is C12H15N3O4S2. The van der Waals surface area contributed by atoms with Crippen molar-refractivity contribution in [1.29, 1.82) is 5.26 Å². The average molecular weight is 329 g/mol. The minimum atomic E-state index is -3.82. The fourth-order valence-corrected chi connectivity index (χ4v) is 4.54. The van der Waals surface area contributed by atoms with Gasteiger partial charge in [0.25, 0.3) is 10.0 Å². The molecule has 21 heavy (non-hydrogen) atoms. The van der Waals surface area contributed by atoms with Gasteiger partial charge in [0.15, 0.2) is 5.25 Å². The van der Waals surface area contributed by atoms with Crippen molar-refractivity contribution in [3.8, 4) is 6.07 Å². The second-order valence-corrected chi connectivity index (χ2v) is 8.33. The highest BCUT2D eigenvalue weighted by molar-refractivity contribution is 7.93. The maximum atomic E-state index is 12.4. The van der Waals surface area contributed by atoms with Crippen molar-refractivity contribution in [3.05, 3.63) is 23.8 Å². The Balaban J connectivity index is 2.47. The molecule has 0 aliphatic carbocycles. The smallest absolute Gasteiger partial charge is 0.251 e. The molecule has 1 aromatic carbocycles. The summed E-state index contributed by atoms with van der Waals surface area (Å²) < 4.78 is 48.6. The predicted molar refractivity (Wildman–Crippen MR) is 77.5 cm³/mol. The number of sulfonamides is 2. The molecule has 2 rings (SSSR count). The number of hydrogen-bond donors (Lipinski definition) is 1. The van der Waals surface area contributed by atoms with Crippen LogP contribution in [0.1, 0.15) is 18.9 Å². The number of rotatable bonds is 4. The van der Waals surface area contributed by atoms with Crippen LogP contribution in [0.5, 0.6) is 0 Å². The lowest BCUT2D eigenvalue weighted by atomic mass is 10.2. The first-order valence-electron chi connectivity index (χ1n) is 6.28. The number of nitriles is 1. The van der Waals surface area contributed by atoms with Gasteiger partial charge in [0.05, 0.1) is 16.7 Å². The number of nitrogens with zero attached hydrogens (tertiary/aromatic N) is 2. The van der Waals surface area contributed by atoms with Crippen LogP contribution in [0.2, 0.25) is 0 Å². The van der Waals surface area contributed by atoms with E-state index in [0.29, 0.717) is 17.7 Å². The molecule has 0 aromatic heterocycles. The third-order valence-electron chi connectivity index (χ3n) is 3.41. The third-order valence-corrected chi connectivity index (χ3v) is 6.48. The van der Waals surface area contributed by atoms with Crippen LogP contribution >= 0.6 is 0 Å². The summed E-state index contributed by atoms with van der Waals surface area (Å²) in [7, 11) is -7.59. The molecule has 7 nitrogen and oxygen atoms in total. The van der Waals surface area contributed by atoms with Gasteiger partial charge in [-0.15, -0.1) is 0 Å². The van der Waals surface area contributed by atoms with Gasteiger partial charge >= 0.3 is 0 Å². The Morgan fingerprint density at radius 2 is 2.05 bits per heavy atom. The van der Waals surface area contributed by atoms with E-state index in [9.17, 15) is 16.8 Å². The van der Waals surface area contributed by atoms with Crippen molar-refractivity contribution in [2.75, 3.05) is 10.8 Å². The number of anilines is 1. The molecular weight excluding hydrogens is 314 g/mol. The fourth-order valence-electron chi connectivity index (χ4n) is 2.31. The Hall–Kier alpha value is -1.63. The Morgan fingerprint density at radius 1 is 1.38 bits per heavy atom. The minimum absolute atomic E-state index is 0.0483. The number of hydrogen-bond acceptors (Lipinski definition) is 5. The molecule has 114 valence electrons. The molecule has 0 saturated carbocycles. The largest absolute Gasteiger partial charge is 0.269 e. The third kappa shape index (κ3) is 2.74. The summed E-state index contributed by atoms with van der Waals surface area (Å²) in [6, 6.07) is 5.87. The van der Waals surface area contributed by atoms with E-state index in [1.54, 1.807) is 13.0 Å². The summed E-state index contributed by atoms with van der Waals surface area (Å²) in [5, 5.41) is 12.9. The monoisotopic (exact) mass is 329 g/mol. The highest BCUT2D eigenvalue weighted by Gasteiger charge is 2.35. The summed E-state index contributed by atoms with van der Waals surface area (Å²) in [6.45, 7) is 1.83. The molecule has 2 N–H and O–H groups in total. The first-order valence-corrected chi connectivity index (χ1v) is 9.33. The zero-order chi connectivity index (χ0) is 15.8. The van der Waals surface area contributed by atoms with Gasteiger partial charge in [0.2, 0.25) is 10.0 Å². The van der Waals surface area contributed by atoms with E-state index in [-0.39, 0.29) is 17.9 Å². The summed E-state index contributed by atoms with van der Waals surface area (Å²) in [6.07, 6.45) is 0.583. The molecule has 0 bridgehead atoms. The molecule has 1 aliphatic heterocycles. The summed E-state index contributed by atoms with van der Waals surface area (Å²) in [5.41, 5.74) is 1.01. The normalized spacial score (nSPS) is 16.3. The lowest BCUT2D eigenvalue weighted by Crippen LogP contribution is -2.36. The van der Waals surface area contributed by atoms with E-state index in [4.69, 9.17) is 10.4 Å². The van der Waals surface area contributed by atoms with Crippen molar-refractivity contribution in [2.24, 2.45) is 5.14 Å². The van der Waals surface area contributed by atoms with Crippen molar-refractivity contribution < 1.29 is 16.8 Å². The van der Waals surface area contributed by atoms with Crippen LogP contribution < -0.4 is 9.44 Å². The van der Waals surface area contributed by atoms with Gasteiger partial charge in [-0.25, -0.2) is 22.0 Å². The Morgan fingerprint density at radius 3 is 2.57 bits per heavy atom. The highest BCUT2D eigenvalue weighted by Crippen LogP contribution is 2.33. The number of fused-ring (bicyclic) bond motifs is 1. The molecule has 1 unspecified atom stereocenters. The van der Waals surface area contributed by atoms with Gasteiger partial charge in [-0.2, -0.15) is 5.26 Å². The van der Waals surface area contributed by atoms with E-state index >= 15 is 0 Å². The molecule has 1 aromatic rings. The van der Waals surface area contributed by atoms with E-state index in [1.807, 2.05) is 0 Å². The Labute approximate surface area is 124 Å². The van der Waals surface area contributed by atoms with Gasteiger partial charge < -0.3 is 0 Å². The molecule has 0 saturated heterocycles.